The Morgan fingerprint density at radius 3 is 2.45 bits per heavy atom. The third-order valence-corrected chi connectivity index (χ3v) is 7.31. The molecule has 1 saturated carbocycles. The van der Waals surface area contributed by atoms with E-state index in [1.165, 1.54) is 12.8 Å². The molecule has 0 bridgehead atoms. The van der Waals surface area contributed by atoms with E-state index in [2.05, 4.69) is 40.3 Å². The summed E-state index contributed by atoms with van der Waals surface area (Å²) in [4.78, 5) is 25.7. The fourth-order valence-corrected chi connectivity index (χ4v) is 4.97. The number of hydrogen-bond acceptors (Lipinski definition) is 3. The topological polar surface area (TPSA) is 55.4 Å². The minimum Gasteiger partial charge on any atom is -0.460 e. The lowest BCUT2D eigenvalue weighted by Crippen LogP contribution is -2.27. The Balaban J connectivity index is 1.77. The summed E-state index contributed by atoms with van der Waals surface area (Å²) in [6.07, 6.45) is 5.44. The molecule has 1 atom stereocenters. The standard InChI is InChI=1S/C28H36BrNO3/c1-18-17-22(13-15-23(18)29)26(21-9-6-7-10-21)27(32)30-24-12-8-11-20(19(24)2)14-16-25(31)33-28(3,4)5/h8,11-13,15,17,21,26H,6-7,9-10,14,16H2,1-5H3,(H,30,32)/t26-/m1/s1. The van der Waals surface area contributed by atoms with Crippen molar-refractivity contribution in [2.45, 2.75) is 84.7 Å². The van der Waals surface area contributed by atoms with Crippen LogP contribution in [0.4, 0.5) is 5.69 Å². The van der Waals surface area contributed by atoms with Crippen LogP contribution in [0.25, 0.3) is 0 Å². The molecule has 2 aromatic carbocycles. The summed E-state index contributed by atoms with van der Waals surface area (Å²) in [6.45, 7) is 9.70. The van der Waals surface area contributed by atoms with Gasteiger partial charge in [0.2, 0.25) is 5.91 Å². The highest BCUT2D eigenvalue weighted by Crippen LogP contribution is 2.39. The van der Waals surface area contributed by atoms with Crippen molar-refractivity contribution >= 4 is 33.5 Å². The summed E-state index contributed by atoms with van der Waals surface area (Å²) in [6, 6.07) is 12.2. The molecule has 2 aromatic rings. The Morgan fingerprint density at radius 1 is 1.12 bits per heavy atom. The van der Waals surface area contributed by atoms with Gasteiger partial charge in [-0.1, -0.05) is 53.0 Å². The van der Waals surface area contributed by atoms with Crippen molar-refractivity contribution in [2.24, 2.45) is 5.92 Å². The van der Waals surface area contributed by atoms with Crippen LogP contribution >= 0.6 is 15.9 Å². The van der Waals surface area contributed by atoms with E-state index in [1.54, 1.807) is 0 Å². The van der Waals surface area contributed by atoms with Crippen LogP contribution in [0.15, 0.2) is 40.9 Å². The molecule has 4 nitrogen and oxygen atoms in total. The number of nitrogens with one attached hydrogen (secondary N) is 1. The van der Waals surface area contributed by atoms with Crippen LogP contribution in [0, 0.1) is 19.8 Å². The highest BCUT2D eigenvalue weighted by atomic mass is 79.9. The lowest BCUT2D eigenvalue weighted by Gasteiger charge is -2.24. The van der Waals surface area contributed by atoms with Gasteiger partial charge in [0, 0.05) is 16.6 Å². The van der Waals surface area contributed by atoms with Gasteiger partial charge in [-0.2, -0.15) is 0 Å². The predicted molar refractivity (Wildman–Crippen MR) is 138 cm³/mol. The van der Waals surface area contributed by atoms with Gasteiger partial charge in [0.25, 0.3) is 0 Å². The van der Waals surface area contributed by atoms with Crippen molar-refractivity contribution in [3.05, 3.63) is 63.1 Å². The van der Waals surface area contributed by atoms with E-state index >= 15 is 0 Å². The molecular weight excluding hydrogens is 478 g/mol. The average molecular weight is 515 g/mol. The molecule has 0 aliphatic heterocycles. The van der Waals surface area contributed by atoms with E-state index in [-0.39, 0.29) is 17.8 Å². The SMILES string of the molecule is Cc1cc([C@H](C(=O)Nc2cccc(CCC(=O)OC(C)(C)C)c2C)C2CCCC2)ccc1Br. The van der Waals surface area contributed by atoms with Crippen molar-refractivity contribution < 1.29 is 14.3 Å². The van der Waals surface area contributed by atoms with E-state index in [0.717, 1.165) is 45.3 Å². The number of hydrogen-bond donors (Lipinski definition) is 1. The van der Waals surface area contributed by atoms with Crippen molar-refractivity contribution in [1.82, 2.24) is 0 Å². The predicted octanol–water partition coefficient (Wildman–Crippen LogP) is 7.25. The van der Waals surface area contributed by atoms with Gasteiger partial charge in [0.15, 0.2) is 0 Å². The first-order chi connectivity index (χ1) is 15.5. The van der Waals surface area contributed by atoms with Gasteiger partial charge >= 0.3 is 5.97 Å². The molecule has 3 rings (SSSR count). The first kappa shape index (κ1) is 25.5. The highest BCUT2D eigenvalue weighted by molar-refractivity contribution is 9.10. The molecule has 1 N–H and O–H groups in total. The maximum atomic E-state index is 13.6. The lowest BCUT2D eigenvalue weighted by atomic mass is 9.83. The van der Waals surface area contributed by atoms with Crippen molar-refractivity contribution in [2.75, 3.05) is 5.32 Å². The van der Waals surface area contributed by atoms with Crippen LogP contribution in [0.2, 0.25) is 0 Å². The van der Waals surface area contributed by atoms with Crippen molar-refractivity contribution in [3.8, 4) is 0 Å². The molecule has 0 heterocycles. The lowest BCUT2D eigenvalue weighted by molar-refractivity contribution is -0.154. The number of rotatable bonds is 7. The first-order valence-electron chi connectivity index (χ1n) is 11.9. The molecule has 1 fully saturated rings. The second-order valence-electron chi connectivity index (χ2n) is 10.2. The maximum absolute atomic E-state index is 13.6. The number of carbonyl (C=O) groups is 2. The average Bonchev–Trinajstić information content (AvgIpc) is 3.24. The largest absolute Gasteiger partial charge is 0.460 e. The summed E-state index contributed by atoms with van der Waals surface area (Å²) in [5, 5.41) is 3.22. The summed E-state index contributed by atoms with van der Waals surface area (Å²) < 4.78 is 6.50. The summed E-state index contributed by atoms with van der Waals surface area (Å²) in [5.74, 6) is 0.0459. The molecule has 1 aliphatic rings. The van der Waals surface area contributed by atoms with Gasteiger partial charge in [-0.3, -0.25) is 9.59 Å². The smallest absolute Gasteiger partial charge is 0.306 e. The van der Waals surface area contributed by atoms with Crippen LogP contribution < -0.4 is 5.32 Å². The zero-order chi connectivity index (χ0) is 24.2. The molecule has 0 aromatic heterocycles. The quantitative estimate of drug-likeness (QED) is 0.396. The van der Waals surface area contributed by atoms with E-state index in [4.69, 9.17) is 4.74 Å². The van der Waals surface area contributed by atoms with Gasteiger partial charge < -0.3 is 10.1 Å². The number of carbonyl (C=O) groups excluding carboxylic acids is 2. The fourth-order valence-electron chi connectivity index (χ4n) is 4.72. The third kappa shape index (κ3) is 6.92. The number of esters is 1. The molecule has 1 aliphatic carbocycles. The monoisotopic (exact) mass is 513 g/mol. The minimum absolute atomic E-state index is 0.0519. The Morgan fingerprint density at radius 2 is 1.82 bits per heavy atom. The normalized spacial score (nSPS) is 15.3. The summed E-state index contributed by atoms with van der Waals surface area (Å²) >= 11 is 3.58. The zero-order valence-electron chi connectivity index (χ0n) is 20.5. The Bertz CT molecular complexity index is 1000. The van der Waals surface area contributed by atoms with Crippen LogP contribution in [-0.4, -0.2) is 17.5 Å². The summed E-state index contributed by atoms with van der Waals surface area (Å²) in [5.41, 5.74) is 4.62. The number of anilines is 1. The number of halogens is 1. The molecule has 0 spiro atoms. The third-order valence-electron chi connectivity index (χ3n) is 6.42. The maximum Gasteiger partial charge on any atom is 0.306 e. The van der Waals surface area contributed by atoms with Crippen LogP contribution in [-0.2, 0) is 20.7 Å². The fraction of sp³-hybridized carbons (Fsp3) is 0.500. The molecule has 1 amide bonds. The molecular formula is C28H36BrNO3. The molecule has 33 heavy (non-hydrogen) atoms. The number of benzene rings is 2. The number of amides is 1. The van der Waals surface area contributed by atoms with Gasteiger partial charge in [-0.15, -0.1) is 0 Å². The van der Waals surface area contributed by atoms with E-state index in [0.29, 0.717) is 18.8 Å². The van der Waals surface area contributed by atoms with E-state index in [1.807, 2.05) is 52.0 Å². The second kappa shape index (κ2) is 10.9. The van der Waals surface area contributed by atoms with Crippen LogP contribution in [0.5, 0.6) is 0 Å². The zero-order valence-corrected chi connectivity index (χ0v) is 22.1. The highest BCUT2D eigenvalue weighted by Gasteiger charge is 2.32. The van der Waals surface area contributed by atoms with Crippen molar-refractivity contribution in [3.63, 3.8) is 0 Å². The second-order valence-corrected chi connectivity index (χ2v) is 11.1. The Labute approximate surface area is 206 Å². The Hall–Kier alpha value is -2.14. The Kier molecular flexibility index (Phi) is 8.38. The molecule has 178 valence electrons. The van der Waals surface area contributed by atoms with Gasteiger partial charge in [-0.25, -0.2) is 0 Å². The molecule has 0 saturated heterocycles. The molecule has 0 unspecified atom stereocenters. The van der Waals surface area contributed by atoms with Gasteiger partial charge in [0.05, 0.1) is 5.92 Å². The minimum atomic E-state index is -0.484. The van der Waals surface area contributed by atoms with Crippen molar-refractivity contribution in [1.29, 1.82) is 0 Å². The molecule has 0 radical (unpaired) electrons. The molecule has 5 heteroatoms. The number of ether oxygens (including phenoxy) is 1. The first-order valence-corrected chi connectivity index (χ1v) is 12.7. The van der Waals surface area contributed by atoms with Crippen LogP contribution in [0.1, 0.15) is 81.0 Å². The van der Waals surface area contributed by atoms with E-state index < -0.39 is 5.60 Å². The van der Waals surface area contributed by atoms with Gasteiger partial charge in [0.1, 0.15) is 5.60 Å². The van der Waals surface area contributed by atoms with E-state index in [9.17, 15) is 9.59 Å². The van der Waals surface area contributed by atoms with Crippen LogP contribution in [0.3, 0.4) is 0 Å². The van der Waals surface area contributed by atoms with Gasteiger partial charge in [-0.05, 0) is 94.2 Å². The number of aryl methyl sites for hydroxylation is 2. The summed E-state index contributed by atoms with van der Waals surface area (Å²) in [7, 11) is 0.